The number of carbonyl (C=O) groups is 1. The summed E-state index contributed by atoms with van der Waals surface area (Å²) in [4.78, 5) is 16.7. The number of rotatable bonds is 12. The zero-order valence-corrected chi connectivity index (χ0v) is 22.8. The van der Waals surface area contributed by atoms with Crippen molar-refractivity contribution in [2.75, 3.05) is 13.7 Å². The lowest BCUT2D eigenvalue weighted by Crippen LogP contribution is -2.07. The van der Waals surface area contributed by atoms with Crippen LogP contribution in [0.2, 0.25) is 0 Å². The molecule has 1 heterocycles. The number of ether oxygens (including phenoxy) is 4. The summed E-state index contributed by atoms with van der Waals surface area (Å²) in [6.07, 6.45) is 0.810. The minimum atomic E-state index is -0.221. The predicted octanol–water partition coefficient (Wildman–Crippen LogP) is 6.36. The van der Waals surface area contributed by atoms with E-state index in [0.717, 1.165) is 33.7 Å². The molecule has 0 N–H and O–H groups in total. The number of hydrogen-bond donors (Lipinski definition) is 0. The van der Waals surface area contributed by atoms with Crippen LogP contribution < -0.4 is 14.2 Å². The van der Waals surface area contributed by atoms with Crippen LogP contribution in [0.5, 0.6) is 17.2 Å². The van der Waals surface area contributed by atoms with Gasteiger partial charge >= 0.3 is 5.97 Å². The maximum atomic E-state index is 12.0. The lowest BCUT2D eigenvalue weighted by molar-refractivity contribution is -0.143. The maximum Gasteiger partial charge on any atom is 0.306 e. The van der Waals surface area contributed by atoms with E-state index in [2.05, 4.69) is 38.1 Å². The summed E-state index contributed by atoms with van der Waals surface area (Å²) in [5.41, 5.74) is 5.16. The first-order valence-electron chi connectivity index (χ1n) is 13.0. The van der Waals surface area contributed by atoms with E-state index < -0.39 is 0 Å². The Morgan fingerprint density at radius 2 is 1.71 bits per heavy atom. The van der Waals surface area contributed by atoms with E-state index in [9.17, 15) is 4.79 Å². The molecule has 7 heteroatoms. The zero-order chi connectivity index (χ0) is 27.1. The van der Waals surface area contributed by atoms with Crippen LogP contribution in [-0.2, 0) is 36.2 Å². The van der Waals surface area contributed by atoms with E-state index in [-0.39, 0.29) is 12.4 Å². The molecule has 0 saturated heterocycles. The molecule has 3 aromatic carbocycles. The van der Waals surface area contributed by atoms with Crippen molar-refractivity contribution in [1.29, 1.82) is 0 Å². The van der Waals surface area contributed by atoms with Gasteiger partial charge in [0.05, 0.1) is 24.8 Å². The van der Waals surface area contributed by atoms with E-state index in [0.29, 0.717) is 43.7 Å². The number of nitrogens with zero attached hydrogens (tertiary/aromatic N) is 2. The minimum Gasteiger partial charge on any atom is -0.497 e. The van der Waals surface area contributed by atoms with Gasteiger partial charge in [-0.05, 0) is 54.2 Å². The van der Waals surface area contributed by atoms with Crippen molar-refractivity contribution < 1.29 is 23.7 Å². The second-order valence-electron chi connectivity index (χ2n) is 9.49. The highest BCUT2D eigenvalue weighted by atomic mass is 16.5. The van der Waals surface area contributed by atoms with Crippen molar-refractivity contribution in [1.82, 2.24) is 9.55 Å². The van der Waals surface area contributed by atoms with Gasteiger partial charge in [-0.15, -0.1) is 0 Å². The Labute approximate surface area is 224 Å². The van der Waals surface area contributed by atoms with Crippen LogP contribution in [0.25, 0.3) is 11.0 Å². The molecule has 0 bridgehead atoms. The van der Waals surface area contributed by atoms with Crippen LogP contribution in [0.4, 0.5) is 0 Å². The molecule has 200 valence electrons. The number of fused-ring (bicyclic) bond motifs is 1. The van der Waals surface area contributed by atoms with E-state index >= 15 is 0 Å². The van der Waals surface area contributed by atoms with Crippen molar-refractivity contribution >= 4 is 17.0 Å². The molecule has 0 fully saturated rings. The molecule has 0 aliphatic rings. The van der Waals surface area contributed by atoms with Crippen molar-refractivity contribution in [3.8, 4) is 17.2 Å². The van der Waals surface area contributed by atoms with Crippen LogP contribution in [0, 0.1) is 0 Å². The molecule has 0 amide bonds. The van der Waals surface area contributed by atoms with E-state index in [4.69, 9.17) is 23.9 Å². The molecule has 0 radical (unpaired) electrons. The van der Waals surface area contributed by atoms with Gasteiger partial charge in [-0.3, -0.25) is 4.79 Å². The Hall–Kier alpha value is -4.00. The van der Waals surface area contributed by atoms with Gasteiger partial charge in [0, 0.05) is 25.6 Å². The predicted molar refractivity (Wildman–Crippen MR) is 148 cm³/mol. The van der Waals surface area contributed by atoms with Gasteiger partial charge in [0.1, 0.15) is 36.3 Å². The van der Waals surface area contributed by atoms with Crippen LogP contribution in [0.3, 0.4) is 0 Å². The third-order valence-corrected chi connectivity index (χ3v) is 6.53. The van der Waals surface area contributed by atoms with E-state index in [1.165, 1.54) is 5.56 Å². The molecule has 0 saturated carbocycles. The summed E-state index contributed by atoms with van der Waals surface area (Å²) in [5, 5.41) is 0. The summed E-state index contributed by atoms with van der Waals surface area (Å²) in [7, 11) is 3.61. The first kappa shape index (κ1) is 27.0. The molecule has 0 aliphatic heterocycles. The van der Waals surface area contributed by atoms with Gasteiger partial charge in [0.2, 0.25) is 0 Å². The number of esters is 1. The summed E-state index contributed by atoms with van der Waals surface area (Å²) >= 11 is 0. The maximum absolute atomic E-state index is 12.0. The van der Waals surface area contributed by atoms with Gasteiger partial charge < -0.3 is 23.5 Å². The fraction of sp³-hybridized carbons (Fsp3) is 0.355. The number of hydrogen-bond acceptors (Lipinski definition) is 6. The summed E-state index contributed by atoms with van der Waals surface area (Å²) in [6, 6.07) is 20.0. The van der Waals surface area contributed by atoms with Crippen molar-refractivity contribution in [2.45, 2.75) is 52.7 Å². The Kier molecular flexibility index (Phi) is 8.89. The summed E-state index contributed by atoms with van der Waals surface area (Å²) in [5.74, 6) is 3.20. The second-order valence-corrected chi connectivity index (χ2v) is 9.49. The number of benzene rings is 3. The molecule has 0 spiro atoms. The fourth-order valence-corrected chi connectivity index (χ4v) is 4.22. The molecular formula is C31H36N2O5. The third-order valence-electron chi connectivity index (χ3n) is 6.53. The van der Waals surface area contributed by atoms with Crippen molar-refractivity contribution in [2.24, 2.45) is 7.05 Å². The molecule has 4 rings (SSSR count). The summed E-state index contributed by atoms with van der Waals surface area (Å²) < 4.78 is 24.8. The molecular weight excluding hydrogens is 480 g/mol. The zero-order valence-electron chi connectivity index (χ0n) is 22.8. The van der Waals surface area contributed by atoms with Crippen LogP contribution in [-0.4, -0.2) is 29.2 Å². The Balaban J connectivity index is 1.50. The SMILES string of the molecule is CCOC(=O)CCc1ccc(OCc2nc3ccc(OC)cc3n2C)cc1OCc1ccc(C(C)C)cc1. The standard InChI is InChI=1S/C31H36N2O5/c1-6-36-31(34)16-12-24-11-13-26(18-29(24)38-19-22-7-9-23(10-8-22)21(2)3)37-20-30-32-27-15-14-25(35-5)17-28(27)33(30)4/h7-11,13-15,17-18,21H,6,12,16,19-20H2,1-5H3. The number of methoxy groups -OCH3 is 1. The van der Waals surface area contributed by atoms with Gasteiger partial charge in [-0.2, -0.15) is 0 Å². The molecule has 0 atom stereocenters. The highest BCUT2D eigenvalue weighted by Crippen LogP contribution is 2.29. The minimum absolute atomic E-state index is 0.221. The van der Waals surface area contributed by atoms with Crippen molar-refractivity contribution in [3.63, 3.8) is 0 Å². The number of aryl methyl sites for hydroxylation is 2. The Morgan fingerprint density at radius 3 is 2.42 bits per heavy atom. The number of imidazole rings is 1. The third kappa shape index (κ3) is 6.65. The average Bonchev–Trinajstić information content (AvgIpc) is 3.24. The molecule has 4 aromatic rings. The fourth-order valence-electron chi connectivity index (χ4n) is 4.22. The molecule has 0 unspecified atom stereocenters. The van der Waals surface area contributed by atoms with Crippen LogP contribution in [0.1, 0.15) is 55.6 Å². The number of carbonyl (C=O) groups excluding carboxylic acids is 1. The van der Waals surface area contributed by atoms with Gasteiger partial charge in [0.15, 0.2) is 0 Å². The van der Waals surface area contributed by atoms with Crippen molar-refractivity contribution in [3.05, 3.63) is 83.2 Å². The second kappa shape index (κ2) is 12.5. The first-order chi connectivity index (χ1) is 18.4. The van der Waals surface area contributed by atoms with Gasteiger partial charge in [-0.25, -0.2) is 4.98 Å². The Morgan fingerprint density at radius 1 is 0.947 bits per heavy atom. The van der Waals surface area contributed by atoms with Crippen LogP contribution in [0.15, 0.2) is 60.7 Å². The summed E-state index contributed by atoms with van der Waals surface area (Å²) in [6.45, 7) is 7.25. The normalized spacial score (nSPS) is 11.1. The largest absolute Gasteiger partial charge is 0.497 e. The number of aromatic nitrogens is 2. The van der Waals surface area contributed by atoms with E-state index in [1.54, 1.807) is 7.11 Å². The van der Waals surface area contributed by atoms with E-state index in [1.807, 2.05) is 54.9 Å². The van der Waals surface area contributed by atoms with Gasteiger partial charge in [0.25, 0.3) is 0 Å². The van der Waals surface area contributed by atoms with Crippen LogP contribution >= 0.6 is 0 Å². The average molecular weight is 517 g/mol. The smallest absolute Gasteiger partial charge is 0.306 e. The molecule has 38 heavy (non-hydrogen) atoms. The molecule has 7 nitrogen and oxygen atoms in total. The quantitative estimate of drug-likeness (QED) is 0.204. The Bertz CT molecular complexity index is 1380. The molecule has 0 aliphatic carbocycles. The molecule has 1 aromatic heterocycles. The topological polar surface area (TPSA) is 71.8 Å². The van der Waals surface area contributed by atoms with Gasteiger partial charge in [-0.1, -0.05) is 44.2 Å². The first-order valence-corrected chi connectivity index (χ1v) is 13.0. The lowest BCUT2D eigenvalue weighted by atomic mass is 10.0. The highest BCUT2D eigenvalue weighted by Gasteiger charge is 2.13. The monoisotopic (exact) mass is 516 g/mol. The highest BCUT2D eigenvalue weighted by molar-refractivity contribution is 5.77. The lowest BCUT2D eigenvalue weighted by Gasteiger charge is -2.15.